The van der Waals surface area contributed by atoms with Gasteiger partial charge in [-0.3, -0.25) is 0 Å². The largest absolute Gasteiger partial charge is 0.417 e. The molecule has 23 heavy (non-hydrogen) atoms. The third kappa shape index (κ3) is 3.59. The fraction of sp³-hybridized carbons (Fsp3) is 0.688. The highest BCUT2D eigenvalue weighted by Crippen LogP contribution is 2.43. The standard InChI is InChI=1S/C16H25ClN4OSi/c1-16(2,3)23(4,5)22-10-12-6-11(12)9-21-14-13(8-19-21)7-18-15(17)20-14/h7-8,11-12H,6,9-10H2,1-5H3/t11-,12+/m0/s1. The molecule has 0 bridgehead atoms. The third-order valence-electron chi connectivity index (χ3n) is 5.29. The lowest BCUT2D eigenvalue weighted by atomic mass is 10.2. The van der Waals surface area contributed by atoms with Crippen LogP contribution in [0, 0.1) is 11.8 Å². The summed E-state index contributed by atoms with van der Waals surface area (Å²) in [7, 11) is -1.65. The molecular formula is C16H25ClN4OSi. The normalized spacial score (nSPS) is 21.8. The van der Waals surface area contributed by atoms with E-state index in [-0.39, 0.29) is 10.3 Å². The molecule has 1 aliphatic carbocycles. The van der Waals surface area contributed by atoms with Gasteiger partial charge in [0, 0.05) is 19.3 Å². The van der Waals surface area contributed by atoms with Crippen molar-refractivity contribution in [2.75, 3.05) is 6.61 Å². The number of nitrogens with zero attached hydrogens (tertiary/aromatic N) is 4. The van der Waals surface area contributed by atoms with Gasteiger partial charge < -0.3 is 4.43 Å². The van der Waals surface area contributed by atoms with Gasteiger partial charge >= 0.3 is 0 Å². The van der Waals surface area contributed by atoms with Crippen molar-refractivity contribution in [2.24, 2.45) is 11.8 Å². The molecule has 0 amide bonds. The Hall–Kier alpha value is -0.983. The third-order valence-corrected chi connectivity index (χ3v) is 9.97. The predicted octanol–water partition coefficient (Wildman–Crippen LogP) is 4.14. The molecule has 2 aromatic heterocycles. The van der Waals surface area contributed by atoms with Crippen LogP contribution in [0.4, 0.5) is 0 Å². The maximum Gasteiger partial charge on any atom is 0.224 e. The second kappa shape index (κ2) is 5.83. The number of hydrogen-bond acceptors (Lipinski definition) is 4. The van der Waals surface area contributed by atoms with Crippen molar-refractivity contribution in [3.05, 3.63) is 17.7 Å². The predicted molar refractivity (Wildman–Crippen MR) is 95.1 cm³/mol. The fourth-order valence-electron chi connectivity index (χ4n) is 2.47. The highest BCUT2D eigenvalue weighted by molar-refractivity contribution is 6.74. The second-order valence-corrected chi connectivity index (χ2v) is 13.2. The SMILES string of the molecule is CC(C)(C)[Si](C)(C)OC[C@H]1C[C@H]1Cn1ncc2cnc(Cl)nc21. The number of rotatable bonds is 5. The zero-order valence-electron chi connectivity index (χ0n) is 14.5. The quantitative estimate of drug-likeness (QED) is 0.599. The maximum absolute atomic E-state index is 6.34. The highest BCUT2D eigenvalue weighted by atomic mass is 35.5. The summed E-state index contributed by atoms with van der Waals surface area (Å²) in [4.78, 5) is 8.28. The van der Waals surface area contributed by atoms with E-state index in [0.29, 0.717) is 11.8 Å². The molecule has 0 saturated heterocycles. The average molecular weight is 353 g/mol. The van der Waals surface area contributed by atoms with E-state index in [2.05, 4.69) is 48.9 Å². The summed E-state index contributed by atoms with van der Waals surface area (Å²) in [5.74, 6) is 1.26. The summed E-state index contributed by atoms with van der Waals surface area (Å²) in [6.07, 6.45) is 4.73. The van der Waals surface area contributed by atoms with E-state index in [9.17, 15) is 0 Å². The van der Waals surface area contributed by atoms with Crippen molar-refractivity contribution >= 4 is 31.0 Å². The van der Waals surface area contributed by atoms with E-state index < -0.39 is 8.32 Å². The Labute approximate surface area is 143 Å². The molecule has 2 atom stereocenters. The van der Waals surface area contributed by atoms with Gasteiger partial charge in [0.1, 0.15) is 0 Å². The van der Waals surface area contributed by atoms with Crippen molar-refractivity contribution in [2.45, 2.75) is 51.9 Å². The van der Waals surface area contributed by atoms with Crippen molar-refractivity contribution < 1.29 is 4.43 Å². The second-order valence-electron chi connectivity index (χ2n) is 8.07. The van der Waals surface area contributed by atoms with Crippen LogP contribution in [0.3, 0.4) is 0 Å². The van der Waals surface area contributed by atoms with Crippen molar-refractivity contribution in [1.82, 2.24) is 19.7 Å². The molecule has 126 valence electrons. The summed E-state index contributed by atoms with van der Waals surface area (Å²) < 4.78 is 8.28. The number of fused-ring (bicyclic) bond motifs is 1. The van der Waals surface area contributed by atoms with Crippen LogP contribution >= 0.6 is 11.6 Å². The Bertz CT molecular complexity index is 710. The lowest BCUT2D eigenvalue weighted by molar-refractivity contribution is 0.262. The zero-order valence-corrected chi connectivity index (χ0v) is 16.3. The van der Waals surface area contributed by atoms with Crippen molar-refractivity contribution in [1.29, 1.82) is 0 Å². The molecule has 5 nitrogen and oxygen atoms in total. The first-order chi connectivity index (χ1) is 10.7. The molecule has 0 N–H and O–H groups in total. The molecular weight excluding hydrogens is 328 g/mol. The minimum atomic E-state index is -1.65. The zero-order chi connectivity index (χ0) is 16.8. The summed E-state index contributed by atoms with van der Waals surface area (Å²) in [6, 6.07) is 0. The van der Waals surface area contributed by atoms with Crippen molar-refractivity contribution in [3.8, 4) is 0 Å². The van der Waals surface area contributed by atoms with Crippen LogP contribution in [-0.2, 0) is 11.0 Å². The van der Waals surface area contributed by atoms with Gasteiger partial charge in [-0.25, -0.2) is 9.67 Å². The molecule has 3 rings (SSSR count). The molecule has 1 aliphatic rings. The van der Waals surface area contributed by atoms with E-state index in [1.807, 2.05) is 4.68 Å². The summed E-state index contributed by atoms with van der Waals surface area (Å²) in [6.45, 7) is 13.2. The van der Waals surface area contributed by atoms with E-state index >= 15 is 0 Å². The molecule has 0 radical (unpaired) electrons. The van der Waals surface area contributed by atoms with Crippen LogP contribution in [0.1, 0.15) is 27.2 Å². The average Bonchev–Trinajstić information content (AvgIpc) is 3.08. The van der Waals surface area contributed by atoms with Gasteiger partial charge in [-0.1, -0.05) is 20.8 Å². The van der Waals surface area contributed by atoms with Gasteiger partial charge in [0.15, 0.2) is 14.0 Å². The molecule has 7 heteroatoms. The van der Waals surface area contributed by atoms with Crippen LogP contribution in [0.25, 0.3) is 11.0 Å². The number of halogens is 1. The van der Waals surface area contributed by atoms with Crippen LogP contribution < -0.4 is 0 Å². The smallest absolute Gasteiger partial charge is 0.224 e. The van der Waals surface area contributed by atoms with Gasteiger partial charge in [0.25, 0.3) is 0 Å². The molecule has 2 heterocycles. The molecule has 0 aliphatic heterocycles. The topological polar surface area (TPSA) is 52.8 Å². The van der Waals surface area contributed by atoms with Crippen LogP contribution in [-0.4, -0.2) is 34.7 Å². The molecule has 0 spiro atoms. The van der Waals surface area contributed by atoms with Crippen LogP contribution in [0.2, 0.25) is 23.4 Å². The van der Waals surface area contributed by atoms with Gasteiger partial charge in [-0.2, -0.15) is 10.1 Å². The van der Waals surface area contributed by atoms with Crippen molar-refractivity contribution in [3.63, 3.8) is 0 Å². The minimum absolute atomic E-state index is 0.267. The first kappa shape index (κ1) is 16.9. The van der Waals surface area contributed by atoms with Gasteiger partial charge in [-0.05, 0) is 48.0 Å². The van der Waals surface area contributed by atoms with Gasteiger partial charge in [-0.15, -0.1) is 0 Å². The van der Waals surface area contributed by atoms with Gasteiger partial charge in [0.2, 0.25) is 5.28 Å². The number of hydrogen-bond donors (Lipinski definition) is 0. The van der Waals surface area contributed by atoms with Crippen LogP contribution in [0.5, 0.6) is 0 Å². The maximum atomic E-state index is 6.34. The Balaban J connectivity index is 1.58. The minimum Gasteiger partial charge on any atom is -0.417 e. The first-order valence-electron chi connectivity index (χ1n) is 8.15. The molecule has 1 fully saturated rings. The summed E-state index contributed by atoms with van der Waals surface area (Å²) in [5.41, 5.74) is 0.820. The molecule has 0 aromatic carbocycles. The number of aromatic nitrogens is 4. The summed E-state index contributed by atoms with van der Waals surface area (Å²) >= 11 is 5.89. The van der Waals surface area contributed by atoms with Crippen LogP contribution in [0.15, 0.2) is 12.4 Å². The van der Waals surface area contributed by atoms with Gasteiger partial charge in [0.05, 0.1) is 11.6 Å². The summed E-state index contributed by atoms with van der Waals surface area (Å²) in [5, 5.41) is 5.90. The fourth-order valence-corrected chi connectivity index (χ4v) is 3.66. The first-order valence-corrected chi connectivity index (χ1v) is 11.4. The molecule has 2 aromatic rings. The van der Waals surface area contributed by atoms with E-state index in [4.69, 9.17) is 16.0 Å². The van der Waals surface area contributed by atoms with E-state index in [0.717, 1.165) is 24.2 Å². The Morgan fingerprint density at radius 2 is 2.04 bits per heavy atom. The molecule has 1 saturated carbocycles. The van der Waals surface area contributed by atoms with E-state index in [1.165, 1.54) is 6.42 Å². The monoisotopic (exact) mass is 352 g/mol. The highest BCUT2D eigenvalue weighted by Gasteiger charge is 2.42. The Morgan fingerprint density at radius 1 is 1.30 bits per heavy atom. The lowest BCUT2D eigenvalue weighted by Crippen LogP contribution is -2.41. The van der Waals surface area contributed by atoms with E-state index in [1.54, 1.807) is 12.4 Å². The Morgan fingerprint density at radius 3 is 2.74 bits per heavy atom. The molecule has 0 unspecified atom stereocenters. The lowest BCUT2D eigenvalue weighted by Gasteiger charge is -2.36. The Kier molecular flexibility index (Phi) is 4.27.